The van der Waals surface area contributed by atoms with E-state index in [0.29, 0.717) is 21.3 Å². The maximum atomic E-state index is 13.6. The predicted octanol–water partition coefficient (Wildman–Crippen LogP) is 4.36. The van der Waals surface area contributed by atoms with Gasteiger partial charge in [-0.1, -0.05) is 23.5 Å². The Kier molecular flexibility index (Phi) is 5.17. The summed E-state index contributed by atoms with van der Waals surface area (Å²) in [6, 6.07) is 11.9. The van der Waals surface area contributed by atoms with Crippen molar-refractivity contribution in [3.05, 3.63) is 70.2 Å². The summed E-state index contributed by atoms with van der Waals surface area (Å²) >= 11 is 2.43. The normalized spacial score (nSPS) is 10.6. The molecule has 122 valence electrons. The van der Waals surface area contributed by atoms with Crippen LogP contribution in [0.5, 0.6) is 0 Å². The van der Waals surface area contributed by atoms with Crippen molar-refractivity contribution in [2.45, 2.75) is 10.6 Å². The Labute approximate surface area is 144 Å². The van der Waals surface area contributed by atoms with Crippen LogP contribution >= 0.6 is 23.1 Å². The van der Waals surface area contributed by atoms with Gasteiger partial charge in [-0.3, -0.25) is 4.79 Å². The zero-order valence-corrected chi connectivity index (χ0v) is 13.8. The lowest BCUT2D eigenvalue weighted by Gasteiger charge is -2.01. The largest absolute Gasteiger partial charge is 0.320 e. The summed E-state index contributed by atoms with van der Waals surface area (Å²) in [7, 11) is 0. The van der Waals surface area contributed by atoms with Gasteiger partial charge < -0.3 is 5.32 Å². The SMILES string of the molecule is O=C(Nc1ccc(F)cc1)c1nnc(CSc2ccccc2F)s1. The molecule has 0 aliphatic carbocycles. The second-order valence-corrected chi connectivity index (χ2v) is 6.76. The van der Waals surface area contributed by atoms with Crippen LogP contribution in [0.4, 0.5) is 14.5 Å². The Hall–Kier alpha value is -2.32. The zero-order valence-electron chi connectivity index (χ0n) is 12.2. The predicted molar refractivity (Wildman–Crippen MR) is 90.2 cm³/mol. The molecular formula is C16H11F2N3OS2. The van der Waals surface area contributed by atoms with Gasteiger partial charge in [-0.15, -0.1) is 22.0 Å². The van der Waals surface area contributed by atoms with Gasteiger partial charge in [0.1, 0.15) is 16.6 Å². The number of nitrogens with one attached hydrogen (secondary N) is 1. The average molecular weight is 363 g/mol. The Balaban J connectivity index is 1.61. The number of benzene rings is 2. The van der Waals surface area contributed by atoms with Crippen molar-refractivity contribution in [2.24, 2.45) is 0 Å². The lowest BCUT2D eigenvalue weighted by molar-refractivity contribution is 0.102. The molecule has 8 heteroatoms. The Bertz CT molecular complexity index is 853. The Morgan fingerprint density at radius 1 is 1.08 bits per heavy atom. The first-order chi connectivity index (χ1) is 11.6. The lowest BCUT2D eigenvalue weighted by Crippen LogP contribution is -2.11. The van der Waals surface area contributed by atoms with Gasteiger partial charge in [0.25, 0.3) is 5.91 Å². The standard InChI is InChI=1S/C16H11F2N3OS2/c17-10-5-7-11(8-6-10)19-15(22)16-21-20-14(24-16)9-23-13-4-2-1-3-12(13)18/h1-8H,9H2,(H,19,22). The fourth-order valence-corrected chi connectivity index (χ4v) is 3.48. The average Bonchev–Trinajstić information content (AvgIpc) is 3.05. The summed E-state index contributed by atoms with van der Waals surface area (Å²) in [6.07, 6.45) is 0. The van der Waals surface area contributed by atoms with Gasteiger partial charge in [0.05, 0.1) is 5.75 Å². The van der Waals surface area contributed by atoms with E-state index in [-0.39, 0.29) is 16.6 Å². The van der Waals surface area contributed by atoms with E-state index >= 15 is 0 Å². The van der Waals surface area contributed by atoms with E-state index < -0.39 is 5.91 Å². The van der Waals surface area contributed by atoms with E-state index in [1.165, 1.54) is 42.1 Å². The number of amides is 1. The summed E-state index contributed by atoms with van der Waals surface area (Å²) in [4.78, 5) is 12.6. The van der Waals surface area contributed by atoms with Gasteiger partial charge >= 0.3 is 0 Å². The van der Waals surface area contributed by atoms with Crippen LogP contribution in [0.2, 0.25) is 0 Å². The highest BCUT2D eigenvalue weighted by atomic mass is 32.2. The molecule has 0 aliphatic rings. The fourth-order valence-electron chi connectivity index (χ4n) is 1.82. The minimum atomic E-state index is -0.416. The summed E-state index contributed by atoms with van der Waals surface area (Å²) in [5.74, 6) is -0.665. The molecule has 1 N–H and O–H groups in total. The number of nitrogens with zero attached hydrogens (tertiary/aromatic N) is 2. The molecule has 4 nitrogen and oxygen atoms in total. The highest BCUT2D eigenvalue weighted by Crippen LogP contribution is 2.26. The molecule has 24 heavy (non-hydrogen) atoms. The number of thioether (sulfide) groups is 1. The molecule has 0 spiro atoms. The van der Waals surface area contributed by atoms with E-state index in [1.807, 2.05) is 0 Å². The van der Waals surface area contributed by atoms with Crippen LogP contribution < -0.4 is 5.32 Å². The zero-order chi connectivity index (χ0) is 16.9. The van der Waals surface area contributed by atoms with Gasteiger partial charge in [-0.05, 0) is 36.4 Å². The minimum Gasteiger partial charge on any atom is -0.320 e. The number of carbonyl (C=O) groups is 1. The summed E-state index contributed by atoms with van der Waals surface area (Å²) in [5, 5.41) is 11.2. The third-order valence-electron chi connectivity index (χ3n) is 2.95. The van der Waals surface area contributed by atoms with Crippen molar-refractivity contribution >= 4 is 34.7 Å². The van der Waals surface area contributed by atoms with Crippen LogP contribution in [0.3, 0.4) is 0 Å². The van der Waals surface area contributed by atoms with E-state index in [2.05, 4.69) is 15.5 Å². The summed E-state index contributed by atoms with van der Waals surface area (Å²) in [5.41, 5.74) is 0.471. The van der Waals surface area contributed by atoms with Crippen molar-refractivity contribution in [3.8, 4) is 0 Å². The van der Waals surface area contributed by atoms with Crippen LogP contribution in [0.1, 0.15) is 14.8 Å². The van der Waals surface area contributed by atoms with Crippen molar-refractivity contribution < 1.29 is 13.6 Å². The van der Waals surface area contributed by atoms with Gasteiger partial charge in [-0.25, -0.2) is 8.78 Å². The topological polar surface area (TPSA) is 54.9 Å². The first kappa shape index (κ1) is 16.5. The maximum absolute atomic E-state index is 13.6. The van der Waals surface area contributed by atoms with Crippen molar-refractivity contribution in [3.63, 3.8) is 0 Å². The van der Waals surface area contributed by atoms with E-state index in [9.17, 15) is 13.6 Å². The minimum absolute atomic E-state index is 0.198. The van der Waals surface area contributed by atoms with E-state index in [4.69, 9.17) is 0 Å². The third kappa shape index (κ3) is 4.15. The maximum Gasteiger partial charge on any atom is 0.286 e. The molecule has 2 aromatic carbocycles. The number of hydrogen-bond donors (Lipinski definition) is 1. The van der Waals surface area contributed by atoms with Crippen LogP contribution in [0.15, 0.2) is 53.4 Å². The molecular weight excluding hydrogens is 352 g/mol. The molecule has 0 radical (unpaired) electrons. The monoisotopic (exact) mass is 363 g/mol. The number of halogens is 2. The van der Waals surface area contributed by atoms with Crippen LogP contribution in [-0.4, -0.2) is 16.1 Å². The van der Waals surface area contributed by atoms with Gasteiger partial charge in [0.15, 0.2) is 0 Å². The Morgan fingerprint density at radius 2 is 1.83 bits per heavy atom. The molecule has 1 aromatic heterocycles. The molecule has 1 heterocycles. The smallest absolute Gasteiger partial charge is 0.286 e. The van der Waals surface area contributed by atoms with Crippen molar-refractivity contribution in [1.82, 2.24) is 10.2 Å². The number of rotatable bonds is 5. The number of carbonyl (C=O) groups excluding carboxylic acids is 1. The number of aromatic nitrogens is 2. The molecule has 0 atom stereocenters. The first-order valence-corrected chi connectivity index (χ1v) is 8.68. The summed E-state index contributed by atoms with van der Waals surface area (Å²) < 4.78 is 26.4. The fraction of sp³-hybridized carbons (Fsp3) is 0.0625. The lowest BCUT2D eigenvalue weighted by atomic mass is 10.3. The second kappa shape index (κ2) is 7.50. The quantitative estimate of drug-likeness (QED) is 0.684. The van der Waals surface area contributed by atoms with Crippen LogP contribution in [-0.2, 0) is 5.75 Å². The number of hydrogen-bond acceptors (Lipinski definition) is 5. The van der Waals surface area contributed by atoms with Crippen molar-refractivity contribution in [2.75, 3.05) is 5.32 Å². The molecule has 0 fully saturated rings. The molecule has 0 saturated carbocycles. The molecule has 0 bridgehead atoms. The van der Waals surface area contributed by atoms with E-state index in [1.54, 1.807) is 18.2 Å². The summed E-state index contributed by atoms with van der Waals surface area (Å²) in [6.45, 7) is 0. The van der Waals surface area contributed by atoms with Gasteiger partial charge in [0.2, 0.25) is 5.01 Å². The molecule has 0 aliphatic heterocycles. The van der Waals surface area contributed by atoms with Gasteiger partial charge in [0, 0.05) is 10.6 Å². The molecule has 3 aromatic rings. The van der Waals surface area contributed by atoms with Crippen molar-refractivity contribution in [1.29, 1.82) is 0 Å². The van der Waals surface area contributed by atoms with Crippen LogP contribution in [0.25, 0.3) is 0 Å². The highest BCUT2D eigenvalue weighted by Gasteiger charge is 2.14. The Morgan fingerprint density at radius 3 is 2.58 bits per heavy atom. The molecule has 0 unspecified atom stereocenters. The van der Waals surface area contributed by atoms with E-state index in [0.717, 1.165) is 11.3 Å². The first-order valence-electron chi connectivity index (χ1n) is 6.88. The van der Waals surface area contributed by atoms with Gasteiger partial charge in [-0.2, -0.15) is 0 Å². The molecule has 0 saturated heterocycles. The molecule has 1 amide bonds. The number of anilines is 1. The van der Waals surface area contributed by atoms with Crippen LogP contribution in [0, 0.1) is 11.6 Å². The third-order valence-corrected chi connectivity index (χ3v) is 5.12. The highest BCUT2D eigenvalue weighted by molar-refractivity contribution is 7.98. The molecule has 3 rings (SSSR count). The second-order valence-electron chi connectivity index (χ2n) is 4.68.